The minimum absolute atomic E-state index is 0.0277. The molecule has 1 atom stereocenters. The van der Waals surface area contributed by atoms with Gasteiger partial charge in [0, 0.05) is 13.1 Å². The summed E-state index contributed by atoms with van der Waals surface area (Å²) in [5.41, 5.74) is 7.76. The highest BCUT2D eigenvalue weighted by atomic mass is 16.2. The molecule has 0 saturated carbocycles. The molecule has 5 nitrogen and oxygen atoms in total. The van der Waals surface area contributed by atoms with Crippen LogP contribution < -0.4 is 5.73 Å². The van der Waals surface area contributed by atoms with E-state index < -0.39 is 0 Å². The third-order valence-corrected chi connectivity index (χ3v) is 4.01. The van der Waals surface area contributed by atoms with Crippen molar-refractivity contribution in [2.75, 3.05) is 19.6 Å². The van der Waals surface area contributed by atoms with Gasteiger partial charge in [0.2, 0.25) is 0 Å². The van der Waals surface area contributed by atoms with Crippen molar-refractivity contribution < 1.29 is 4.79 Å². The first-order valence-corrected chi connectivity index (χ1v) is 6.82. The largest absolute Gasteiger partial charge is 0.337 e. The van der Waals surface area contributed by atoms with Gasteiger partial charge in [0.15, 0.2) is 0 Å². The fourth-order valence-electron chi connectivity index (χ4n) is 2.59. The highest BCUT2D eigenvalue weighted by Gasteiger charge is 2.35. The average molecular weight is 270 g/mol. The summed E-state index contributed by atoms with van der Waals surface area (Å²) in [6.45, 7) is 4.14. The average Bonchev–Trinajstić information content (AvgIpc) is 2.89. The fraction of sp³-hybridized carbons (Fsp3) is 0.400. The number of benzene rings is 1. The maximum absolute atomic E-state index is 12.5. The van der Waals surface area contributed by atoms with Crippen LogP contribution in [0.15, 0.2) is 30.5 Å². The molecular weight excluding hydrogens is 252 g/mol. The molecule has 104 valence electrons. The van der Waals surface area contributed by atoms with Crippen molar-refractivity contribution in [2.45, 2.75) is 13.3 Å². The molecule has 1 aromatic heterocycles. The van der Waals surface area contributed by atoms with E-state index in [9.17, 15) is 4.79 Å². The van der Waals surface area contributed by atoms with E-state index in [1.807, 2.05) is 29.2 Å². The second-order valence-electron chi connectivity index (χ2n) is 5.74. The van der Waals surface area contributed by atoms with Crippen LogP contribution in [0.1, 0.15) is 23.8 Å². The zero-order valence-electron chi connectivity index (χ0n) is 11.5. The highest BCUT2D eigenvalue weighted by molar-refractivity contribution is 5.94. The molecule has 1 aromatic carbocycles. The highest BCUT2D eigenvalue weighted by Crippen LogP contribution is 2.29. The van der Waals surface area contributed by atoms with Crippen molar-refractivity contribution in [3.05, 3.63) is 36.2 Å². The van der Waals surface area contributed by atoms with Crippen molar-refractivity contribution in [3.63, 3.8) is 0 Å². The molecule has 1 aliphatic heterocycles. The van der Waals surface area contributed by atoms with Gasteiger partial charge in [-0.3, -0.25) is 9.78 Å². The Kier molecular flexibility index (Phi) is 3.14. The Hall–Kier alpha value is -2.01. The van der Waals surface area contributed by atoms with E-state index in [0.29, 0.717) is 18.8 Å². The normalized spacial score (nSPS) is 22.4. The number of carbonyl (C=O) groups is 1. The number of fused-ring (bicyclic) bond motifs is 1. The fourth-order valence-corrected chi connectivity index (χ4v) is 2.59. The molecule has 20 heavy (non-hydrogen) atoms. The van der Waals surface area contributed by atoms with Gasteiger partial charge in [-0.05, 0) is 30.5 Å². The van der Waals surface area contributed by atoms with Crippen LogP contribution in [0.5, 0.6) is 0 Å². The maximum atomic E-state index is 12.5. The lowest BCUT2D eigenvalue weighted by molar-refractivity contribution is 0.0771. The number of nitrogens with zero attached hydrogens (tertiary/aromatic N) is 3. The minimum atomic E-state index is -0.0552. The molecule has 1 unspecified atom stereocenters. The zero-order valence-corrected chi connectivity index (χ0v) is 11.5. The number of likely N-dealkylation sites (tertiary alicyclic amines) is 1. The molecule has 1 fully saturated rings. The molecular formula is C15H18N4O. The first kappa shape index (κ1) is 13.0. The Bertz CT molecular complexity index is 657. The lowest BCUT2D eigenvalue weighted by Gasteiger charge is -2.22. The van der Waals surface area contributed by atoms with E-state index in [0.717, 1.165) is 24.0 Å². The summed E-state index contributed by atoms with van der Waals surface area (Å²) in [5, 5.41) is 0. The van der Waals surface area contributed by atoms with Gasteiger partial charge in [-0.1, -0.05) is 19.1 Å². The van der Waals surface area contributed by atoms with Crippen LogP contribution >= 0.6 is 0 Å². The summed E-state index contributed by atoms with van der Waals surface area (Å²) in [5.74, 6) is -0.0552. The van der Waals surface area contributed by atoms with Crippen LogP contribution in [-0.4, -0.2) is 40.4 Å². The Balaban J connectivity index is 1.86. The molecule has 2 heterocycles. The van der Waals surface area contributed by atoms with Gasteiger partial charge in [0.05, 0.1) is 17.2 Å². The summed E-state index contributed by atoms with van der Waals surface area (Å²) in [7, 11) is 0. The van der Waals surface area contributed by atoms with Gasteiger partial charge in [-0.25, -0.2) is 4.98 Å². The van der Waals surface area contributed by atoms with Gasteiger partial charge in [0.25, 0.3) is 5.91 Å². The number of hydrogen-bond donors (Lipinski definition) is 1. The summed E-state index contributed by atoms with van der Waals surface area (Å²) in [4.78, 5) is 23.0. The molecule has 0 radical (unpaired) electrons. The SMILES string of the molecule is CC1(CN)CCN(C(=O)c2cnc3ccccc3n2)C1. The molecule has 5 heteroatoms. The molecule has 1 saturated heterocycles. The van der Waals surface area contributed by atoms with Crippen LogP contribution in [0.4, 0.5) is 0 Å². The Morgan fingerprint density at radius 1 is 1.40 bits per heavy atom. The van der Waals surface area contributed by atoms with E-state index in [4.69, 9.17) is 5.73 Å². The number of rotatable bonds is 2. The van der Waals surface area contributed by atoms with Gasteiger partial charge < -0.3 is 10.6 Å². The second-order valence-corrected chi connectivity index (χ2v) is 5.74. The summed E-state index contributed by atoms with van der Waals surface area (Å²) in [6.07, 6.45) is 2.50. The number of carbonyl (C=O) groups excluding carboxylic acids is 1. The molecule has 1 aliphatic rings. The number of para-hydroxylation sites is 2. The van der Waals surface area contributed by atoms with E-state index in [2.05, 4.69) is 16.9 Å². The topological polar surface area (TPSA) is 72.1 Å². The third kappa shape index (κ3) is 2.25. The standard InChI is InChI=1S/C15H18N4O/c1-15(9-16)6-7-19(10-15)14(20)13-8-17-11-4-2-3-5-12(11)18-13/h2-5,8H,6-7,9-10,16H2,1H3. The minimum Gasteiger partial charge on any atom is -0.337 e. The van der Waals surface area contributed by atoms with Crippen molar-refractivity contribution in [3.8, 4) is 0 Å². The summed E-state index contributed by atoms with van der Waals surface area (Å²) >= 11 is 0. The van der Waals surface area contributed by atoms with E-state index >= 15 is 0 Å². The third-order valence-electron chi connectivity index (χ3n) is 4.01. The van der Waals surface area contributed by atoms with E-state index in [-0.39, 0.29) is 11.3 Å². The molecule has 1 amide bonds. The molecule has 0 spiro atoms. The zero-order chi connectivity index (χ0) is 14.2. The van der Waals surface area contributed by atoms with Crippen LogP contribution in [0.2, 0.25) is 0 Å². The smallest absolute Gasteiger partial charge is 0.274 e. The van der Waals surface area contributed by atoms with Gasteiger partial charge in [0.1, 0.15) is 5.69 Å². The lowest BCUT2D eigenvalue weighted by Crippen LogP contribution is -2.34. The summed E-state index contributed by atoms with van der Waals surface area (Å²) in [6, 6.07) is 7.56. The predicted octanol–water partition coefficient (Wildman–Crippen LogP) is 1.44. The molecule has 0 aliphatic carbocycles. The lowest BCUT2D eigenvalue weighted by atomic mass is 9.90. The molecule has 3 rings (SSSR count). The van der Waals surface area contributed by atoms with Gasteiger partial charge in [-0.15, -0.1) is 0 Å². The number of hydrogen-bond acceptors (Lipinski definition) is 4. The molecule has 2 N–H and O–H groups in total. The number of nitrogens with two attached hydrogens (primary N) is 1. The van der Waals surface area contributed by atoms with Crippen molar-refractivity contribution in [1.29, 1.82) is 0 Å². The monoisotopic (exact) mass is 270 g/mol. The first-order valence-electron chi connectivity index (χ1n) is 6.82. The molecule has 0 bridgehead atoms. The van der Waals surface area contributed by atoms with Crippen LogP contribution in [0.25, 0.3) is 11.0 Å². The van der Waals surface area contributed by atoms with E-state index in [1.165, 1.54) is 0 Å². The Morgan fingerprint density at radius 3 is 2.85 bits per heavy atom. The van der Waals surface area contributed by atoms with Gasteiger partial charge >= 0.3 is 0 Å². The Morgan fingerprint density at radius 2 is 2.15 bits per heavy atom. The maximum Gasteiger partial charge on any atom is 0.274 e. The number of aromatic nitrogens is 2. The van der Waals surface area contributed by atoms with Crippen LogP contribution in [0.3, 0.4) is 0 Å². The second kappa shape index (κ2) is 4.83. The van der Waals surface area contributed by atoms with Crippen LogP contribution in [-0.2, 0) is 0 Å². The predicted molar refractivity (Wildman–Crippen MR) is 77.2 cm³/mol. The summed E-state index contributed by atoms with van der Waals surface area (Å²) < 4.78 is 0. The van der Waals surface area contributed by atoms with E-state index in [1.54, 1.807) is 6.20 Å². The van der Waals surface area contributed by atoms with Crippen LogP contribution in [0, 0.1) is 5.41 Å². The van der Waals surface area contributed by atoms with Crippen molar-refractivity contribution in [2.24, 2.45) is 11.1 Å². The quantitative estimate of drug-likeness (QED) is 0.896. The number of amides is 1. The first-order chi connectivity index (χ1) is 9.61. The van der Waals surface area contributed by atoms with Crippen molar-refractivity contribution in [1.82, 2.24) is 14.9 Å². The van der Waals surface area contributed by atoms with Crippen molar-refractivity contribution >= 4 is 16.9 Å². The Labute approximate surface area is 117 Å². The van der Waals surface area contributed by atoms with Gasteiger partial charge in [-0.2, -0.15) is 0 Å². The molecule has 2 aromatic rings.